The minimum Gasteiger partial charge on any atom is -0.466 e. The van der Waals surface area contributed by atoms with Crippen molar-refractivity contribution in [3.63, 3.8) is 0 Å². The number of ether oxygens (including phenoxy) is 1. The van der Waals surface area contributed by atoms with Crippen LogP contribution >= 0.6 is 0 Å². The van der Waals surface area contributed by atoms with Crippen LogP contribution in [-0.2, 0) is 16.0 Å². The molecule has 1 aromatic rings. The van der Waals surface area contributed by atoms with E-state index in [4.69, 9.17) is 4.74 Å². The summed E-state index contributed by atoms with van der Waals surface area (Å²) in [6, 6.07) is 4.97. The maximum absolute atomic E-state index is 13.2. The fourth-order valence-electron chi connectivity index (χ4n) is 2.01. The standard InChI is InChI=1S/C16H22FNO2/c1-4-8-18-14(11-16(19)20-5-2)10-13-6-7-15(17)12(3)9-13/h4,6-7,9,14,18H,1,5,8,10-11H2,2-3H3. The molecule has 0 saturated carbocycles. The molecule has 4 heteroatoms. The highest BCUT2D eigenvalue weighted by Crippen LogP contribution is 2.12. The number of hydrogen-bond acceptors (Lipinski definition) is 3. The van der Waals surface area contributed by atoms with Gasteiger partial charge in [-0.15, -0.1) is 6.58 Å². The second kappa shape index (κ2) is 8.48. The van der Waals surface area contributed by atoms with E-state index in [0.717, 1.165) is 5.56 Å². The summed E-state index contributed by atoms with van der Waals surface area (Å²) in [5.41, 5.74) is 1.61. The topological polar surface area (TPSA) is 38.3 Å². The molecule has 20 heavy (non-hydrogen) atoms. The summed E-state index contributed by atoms with van der Waals surface area (Å²) in [6.45, 7) is 8.16. The fraction of sp³-hybridized carbons (Fsp3) is 0.438. The van der Waals surface area contributed by atoms with Crippen molar-refractivity contribution >= 4 is 5.97 Å². The van der Waals surface area contributed by atoms with Gasteiger partial charge in [0.15, 0.2) is 0 Å². The molecule has 1 N–H and O–H groups in total. The minimum absolute atomic E-state index is 0.0445. The first kappa shape index (κ1) is 16.4. The summed E-state index contributed by atoms with van der Waals surface area (Å²) in [6.07, 6.45) is 2.68. The van der Waals surface area contributed by atoms with Gasteiger partial charge in [0.1, 0.15) is 5.82 Å². The second-order valence-corrected chi connectivity index (χ2v) is 4.69. The zero-order valence-electron chi connectivity index (χ0n) is 12.1. The van der Waals surface area contributed by atoms with Gasteiger partial charge in [-0.1, -0.05) is 18.2 Å². The molecule has 0 bridgehead atoms. The van der Waals surface area contributed by atoms with Crippen molar-refractivity contribution in [2.24, 2.45) is 0 Å². The molecule has 0 amide bonds. The molecule has 0 aliphatic heterocycles. The lowest BCUT2D eigenvalue weighted by Gasteiger charge is -2.17. The number of benzene rings is 1. The first-order valence-corrected chi connectivity index (χ1v) is 6.81. The Balaban J connectivity index is 2.69. The van der Waals surface area contributed by atoms with E-state index in [9.17, 15) is 9.18 Å². The van der Waals surface area contributed by atoms with E-state index in [1.54, 1.807) is 26.0 Å². The van der Waals surface area contributed by atoms with E-state index in [1.165, 1.54) is 6.07 Å². The molecular weight excluding hydrogens is 257 g/mol. The fourth-order valence-corrected chi connectivity index (χ4v) is 2.01. The zero-order chi connectivity index (χ0) is 15.0. The normalized spacial score (nSPS) is 11.9. The van der Waals surface area contributed by atoms with Crippen molar-refractivity contribution in [2.75, 3.05) is 13.2 Å². The molecule has 1 aromatic carbocycles. The van der Waals surface area contributed by atoms with Gasteiger partial charge in [-0.25, -0.2) is 4.39 Å². The number of esters is 1. The van der Waals surface area contributed by atoms with Crippen molar-refractivity contribution in [3.8, 4) is 0 Å². The molecule has 1 atom stereocenters. The number of hydrogen-bond donors (Lipinski definition) is 1. The van der Waals surface area contributed by atoms with Gasteiger partial charge in [0.05, 0.1) is 13.0 Å². The van der Waals surface area contributed by atoms with Crippen molar-refractivity contribution in [2.45, 2.75) is 32.7 Å². The Bertz CT molecular complexity index is 460. The highest BCUT2D eigenvalue weighted by molar-refractivity contribution is 5.70. The molecule has 0 aliphatic rings. The van der Waals surface area contributed by atoms with E-state index in [-0.39, 0.29) is 24.2 Å². The van der Waals surface area contributed by atoms with Gasteiger partial charge in [0.2, 0.25) is 0 Å². The summed E-state index contributed by atoms with van der Waals surface area (Å²) in [4.78, 5) is 11.6. The lowest BCUT2D eigenvalue weighted by Crippen LogP contribution is -2.34. The largest absolute Gasteiger partial charge is 0.466 e. The summed E-state index contributed by atoms with van der Waals surface area (Å²) < 4.78 is 18.2. The van der Waals surface area contributed by atoms with E-state index in [1.807, 2.05) is 6.07 Å². The third kappa shape index (κ3) is 5.53. The number of aryl methyl sites for hydroxylation is 1. The van der Waals surface area contributed by atoms with Gasteiger partial charge >= 0.3 is 5.97 Å². The van der Waals surface area contributed by atoms with E-state index < -0.39 is 0 Å². The summed E-state index contributed by atoms with van der Waals surface area (Å²) in [5.74, 6) is -0.442. The molecule has 0 aromatic heterocycles. The average molecular weight is 279 g/mol. The van der Waals surface area contributed by atoms with Crippen LogP contribution in [0.1, 0.15) is 24.5 Å². The summed E-state index contributed by atoms with van der Waals surface area (Å²) >= 11 is 0. The van der Waals surface area contributed by atoms with Crippen LogP contribution in [0.4, 0.5) is 4.39 Å². The predicted octanol–water partition coefficient (Wildman–Crippen LogP) is 2.77. The van der Waals surface area contributed by atoms with Crippen molar-refractivity contribution in [3.05, 3.63) is 47.8 Å². The number of halogens is 1. The molecular formula is C16H22FNO2. The Morgan fingerprint density at radius 3 is 2.90 bits per heavy atom. The maximum atomic E-state index is 13.2. The third-order valence-electron chi connectivity index (χ3n) is 2.97. The zero-order valence-corrected chi connectivity index (χ0v) is 12.1. The Labute approximate surface area is 119 Å². The highest BCUT2D eigenvalue weighted by Gasteiger charge is 2.15. The smallest absolute Gasteiger partial charge is 0.307 e. The van der Waals surface area contributed by atoms with Crippen LogP contribution in [0.25, 0.3) is 0 Å². The molecule has 1 rings (SSSR count). The molecule has 1 unspecified atom stereocenters. The van der Waals surface area contributed by atoms with Crippen LogP contribution in [0.5, 0.6) is 0 Å². The van der Waals surface area contributed by atoms with Crippen molar-refractivity contribution < 1.29 is 13.9 Å². The van der Waals surface area contributed by atoms with Crippen molar-refractivity contribution in [1.82, 2.24) is 5.32 Å². The lowest BCUT2D eigenvalue weighted by atomic mass is 10.0. The molecule has 110 valence electrons. The maximum Gasteiger partial charge on any atom is 0.307 e. The first-order chi connectivity index (χ1) is 9.56. The molecule has 3 nitrogen and oxygen atoms in total. The van der Waals surface area contributed by atoms with Crippen LogP contribution in [-0.4, -0.2) is 25.2 Å². The molecule has 0 fully saturated rings. The number of nitrogens with one attached hydrogen (secondary N) is 1. The minimum atomic E-state index is -0.229. The van der Waals surface area contributed by atoms with Gasteiger partial charge in [-0.05, 0) is 37.5 Å². The van der Waals surface area contributed by atoms with Crippen molar-refractivity contribution in [1.29, 1.82) is 0 Å². The Hall–Kier alpha value is -1.68. The van der Waals surface area contributed by atoms with Crippen LogP contribution in [0.2, 0.25) is 0 Å². The molecule has 0 aliphatic carbocycles. The van der Waals surface area contributed by atoms with Crippen LogP contribution in [0.15, 0.2) is 30.9 Å². The van der Waals surface area contributed by atoms with Gasteiger partial charge in [0, 0.05) is 12.6 Å². The quantitative estimate of drug-likeness (QED) is 0.587. The monoisotopic (exact) mass is 279 g/mol. The SMILES string of the molecule is C=CCNC(CC(=O)OCC)Cc1ccc(F)c(C)c1. The van der Waals surface area contributed by atoms with Gasteiger partial charge in [0.25, 0.3) is 0 Å². The molecule has 0 spiro atoms. The number of carbonyl (C=O) groups excluding carboxylic acids is 1. The van der Waals surface area contributed by atoms with Crippen LogP contribution < -0.4 is 5.32 Å². The Morgan fingerprint density at radius 2 is 2.30 bits per heavy atom. The molecule has 0 saturated heterocycles. The first-order valence-electron chi connectivity index (χ1n) is 6.81. The number of rotatable bonds is 8. The Morgan fingerprint density at radius 1 is 1.55 bits per heavy atom. The average Bonchev–Trinajstić information content (AvgIpc) is 2.40. The van der Waals surface area contributed by atoms with Crippen LogP contribution in [0.3, 0.4) is 0 Å². The highest BCUT2D eigenvalue weighted by atomic mass is 19.1. The third-order valence-corrected chi connectivity index (χ3v) is 2.97. The second-order valence-electron chi connectivity index (χ2n) is 4.69. The predicted molar refractivity (Wildman–Crippen MR) is 78.1 cm³/mol. The van der Waals surface area contributed by atoms with E-state index in [2.05, 4.69) is 11.9 Å². The lowest BCUT2D eigenvalue weighted by molar-refractivity contribution is -0.143. The van der Waals surface area contributed by atoms with Gasteiger partial charge < -0.3 is 10.1 Å². The van der Waals surface area contributed by atoms with E-state index in [0.29, 0.717) is 25.1 Å². The van der Waals surface area contributed by atoms with Gasteiger partial charge in [-0.2, -0.15) is 0 Å². The Kier molecular flexibility index (Phi) is 6.94. The summed E-state index contributed by atoms with van der Waals surface area (Å²) in [5, 5.41) is 3.23. The van der Waals surface area contributed by atoms with Gasteiger partial charge in [-0.3, -0.25) is 4.79 Å². The summed E-state index contributed by atoms with van der Waals surface area (Å²) in [7, 11) is 0. The molecule has 0 heterocycles. The van der Waals surface area contributed by atoms with Crippen LogP contribution in [0, 0.1) is 12.7 Å². The molecule has 0 radical (unpaired) electrons. The van der Waals surface area contributed by atoms with E-state index >= 15 is 0 Å². The number of carbonyl (C=O) groups is 1.